The standard InChI is InChI=1S/C11H18N4O/c1-11(2)8-15(7-9(5-12)16-11)10-6-13-3-4-14-10/h3-4,6,9H,5,7-8,12H2,1-2H3. The van der Waals surface area contributed by atoms with Gasteiger partial charge in [-0.3, -0.25) is 4.98 Å². The summed E-state index contributed by atoms with van der Waals surface area (Å²) in [6.07, 6.45) is 5.21. The molecule has 88 valence electrons. The van der Waals surface area contributed by atoms with E-state index >= 15 is 0 Å². The smallest absolute Gasteiger partial charge is 0.147 e. The van der Waals surface area contributed by atoms with Crippen LogP contribution in [0.3, 0.4) is 0 Å². The van der Waals surface area contributed by atoms with Crippen molar-refractivity contribution < 1.29 is 4.74 Å². The van der Waals surface area contributed by atoms with Crippen LogP contribution in [0.4, 0.5) is 5.82 Å². The molecule has 1 saturated heterocycles. The van der Waals surface area contributed by atoms with E-state index in [1.165, 1.54) is 0 Å². The Bertz CT molecular complexity index is 341. The van der Waals surface area contributed by atoms with E-state index in [0.29, 0.717) is 6.54 Å². The zero-order valence-electron chi connectivity index (χ0n) is 9.76. The van der Waals surface area contributed by atoms with Gasteiger partial charge in [0.25, 0.3) is 0 Å². The highest BCUT2D eigenvalue weighted by Crippen LogP contribution is 2.23. The normalized spacial score (nSPS) is 24.4. The summed E-state index contributed by atoms with van der Waals surface area (Å²) in [7, 11) is 0. The molecule has 1 aromatic rings. The van der Waals surface area contributed by atoms with Gasteiger partial charge >= 0.3 is 0 Å². The Labute approximate surface area is 95.6 Å². The first kappa shape index (κ1) is 11.3. The molecule has 2 rings (SSSR count). The Hall–Kier alpha value is -1.20. The van der Waals surface area contributed by atoms with Gasteiger partial charge in [0.1, 0.15) is 5.82 Å². The average molecular weight is 222 g/mol. The van der Waals surface area contributed by atoms with Crippen LogP contribution >= 0.6 is 0 Å². The minimum absolute atomic E-state index is 0.0609. The summed E-state index contributed by atoms with van der Waals surface area (Å²) in [5.74, 6) is 0.886. The van der Waals surface area contributed by atoms with Crippen LogP contribution in [-0.4, -0.2) is 41.3 Å². The first-order valence-electron chi connectivity index (χ1n) is 5.49. The Kier molecular flexibility index (Phi) is 3.07. The molecule has 5 heteroatoms. The molecule has 1 unspecified atom stereocenters. The monoisotopic (exact) mass is 222 g/mol. The van der Waals surface area contributed by atoms with Crippen LogP contribution in [0.5, 0.6) is 0 Å². The molecule has 0 saturated carbocycles. The van der Waals surface area contributed by atoms with Crippen molar-refractivity contribution in [3.05, 3.63) is 18.6 Å². The Balaban J connectivity index is 2.16. The molecule has 1 aromatic heterocycles. The van der Waals surface area contributed by atoms with Gasteiger partial charge in [0, 0.05) is 32.0 Å². The summed E-state index contributed by atoms with van der Waals surface area (Å²) in [5, 5.41) is 0. The third-order valence-electron chi connectivity index (χ3n) is 2.62. The second kappa shape index (κ2) is 4.35. The zero-order valence-corrected chi connectivity index (χ0v) is 9.76. The van der Waals surface area contributed by atoms with E-state index in [1.54, 1.807) is 18.6 Å². The van der Waals surface area contributed by atoms with Crippen molar-refractivity contribution in [1.29, 1.82) is 0 Å². The molecule has 0 bridgehead atoms. The van der Waals surface area contributed by atoms with Crippen LogP contribution in [0, 0.1) is 0 Å². The second-order valence-electron chi connectivity index (χ2n) is 4.68. The summed E-state index contributed by atoms with van der Waals surface area (Å²) in [4.78, 5) is 10.6. The summed E-state index contributed by atoms with van der Waals surface area (Å²) >= 11 is 0. The van der Waals surface area contributed by atoms with E-state index in [9.17, 15) is 0 Å². The number of hydrogen-bond acceptors (Lipinski definition) is 5. The number of hydrogen-bond donors (Lipinski definition) is 1. The van der Waals surface area contributed by atoms with E-state index in [1.807, 2.05) is 0 Å². The molecular formula is C11H18N4O. The van der Waals surface area contributed by atoms with Crippen LogP contribution in [0.15, 0.2) is 18.6 Å². The fraction of sp³-hybridized carbons (Fsp3) is 0.636. The van der Waals surface area contributed by atoms with E-state index in [4.69, 9.17) is 10.5 Å². The van der Waals surface area contributed by atoms with Crippen molar-refractivity contribution in [2.24, 2.45) is 5.73 Å². The van der Waals surface area contributed by atoms with Gasteiger partial charge < -0.3 is 15.4 Å². The quantitative estimate of drug-likeness (QED) is 0.785. The first-order chi connectivity index (χ1) is 7.61. The lowest BCUT2D eigenvalue weighted by Gasteiger charge is -2.42. The number of ether oxygens (including phenoxy) is 1. The van der Waals surface area contributed by atoms with Crippen molar-refractivity contribution in [3.8, 4) is 0 Å². The molecule has 0 radical (unpaired) electrons. The van der Waals surface area contributed by atoms with Crippen LogP contribution in [0.1, 0.15) is 13.8 Å². The highest BCUT2D eigenvalue weighted by atomic mass is 16.5. The predicted octanol–water partition coefficient (Wildman–Crippen LogP) is 0.419. The van der Waals surface area contributed by atoms with Crippen molar-refractivity contribution in [2.75, 3.05) is 24.5 Å². The van der Waals surface area contributed by atoms with E-state index in [0.717, 1.165) is 18.9 Å². The molecule has 0 amide bonds. The van der Waals surface area contributed by atoms with Gasteiger partial charge in [-0.15, -0.1) is 0 Å². The minimum atomic E-state index is -0.195. The fourth-order valence-electron chi connectivity index (χ4n) is 2.05. The van der Waals surface area contributed by atoms with Crippen LogP contribution in [0.25, 0.3) is 0 Å². The largest absolute Gasteiger partial charge is 0.367 e. The van der Waals surface area contributed by atoms with E-state index in [-0.39, 0.29) is 11.7 Å². The molecule has 1 fully saturated rings. The van der Waals surface area contributed by atoms with Crippen molar-refractivity contribution >= 4 is 5.82 Å². The zero-order chi connectivity index (χ0) is 11.6. The Morgan fingerprint density at radius 1 is 1.56 bits per heavy atom. The summed E-state index contributed by atoms with van der Waals surface area (Å²) in [6.45, 7) is 6.25. The number of nitrogens with zero attached hydrogens (tertiary/aromatic N) is 3. The van der Waals surface area contributed by atoms with Gasteiger partial charge in [0.15, 0.2) is 0 Å². The van der Waals surface area contributed by atoms with Gasteiger partial charge in [-0.25, -0.2) is 4.98 Å². The molecule has 1 atom stereocenters. The minimum Gasteiger partial charge on any atom is -0.367 e. The van der Waals surface area contributed by atoms with Gasteiger partial charge in [-0.05, 0) is 13.8 Å². The maximum Gasteiger partial charge on any atom is 0.147 e. The summed E-state index contributed by atoms with van der Waals surface area (Å²) < 4.78 is 5.86. The Morgan fingerprint density at radius 2 is 2.38 bits per heavy atom. The maximum atomic E-state index is 5.86. The fourth-order valence-corrected chi connectivity index (χ4v) is 2.05. The van der Waals surface area contributed by atoms with E-state index in [2.05, 4.69) is 28.7 Å². The summed E-state index contributed by atoms with van der Waals surface area (Å²) in [6, 6.07) is 0. The highest BCUT2D eigenvalue weighted by molar-refractivity contribution is 5.36. The predicted molar refractivity (Wildman–Crippen MR) is 62.3 cm³/mol. The lowest BCUT2D eigenvalue weighted by Crippen LogP contribution is -2.55. The number of aromatic nitrogens is 2. The number of nitrogens with two attached hydrogens (primary N) is 1. The molecule has 0 spiro atoms. The van der Waals surface area contributed by atoms with Crippen LogP contribution in [-0.2, 0) is 4.74 Å². The van der Waals surface area contributed by atoms with Crippen LogP contribution < -0.4 is 10.6 Å². The number of morpholine rings is 1. The maximum absolute atomic E-state index is 5.86. The third-order valence-corrected chi connectivity index (χ3v) is 2.62. The molecule has 2 N–H and O–H groups in total. The SMILES string of the molecule is CC1(C)CN(c2cnccn2)CC(CN)O1. The lowest BCUT2D eigenvalue weighted by atomic mass is 10.1. The van der Waals surface area contributed by atoms with Crippen molar-refractivity contribution in [3.63, 3.8) is 0 Å². The average Bonchev–Trinajstić information content (AvgIpc) is 2.28. The molecule has 2 heterocycles. The number of rotatable bonds is 2. The van der Waals surface area contributed by atoms with E-state index < -0.39 is 0 Å². The van der Waals surface area contributed by atoms with Crippen molar-refractivity contribution in [2.45, 2.75) is 25.6 Å². The van der Waals surface area contributed by atoms with Gasteiger partial charge in [-0.1, -0.05) is 0 Å². The third kappa shape index (κ3) is 2.48. The van der Waals surface area contributed by atoms with Gasteiger partial charge in [-0.2, -0.15) is 0 Å². The van der Waals surface area contributed by atoms with Crippen LogP contribution in [0.2, 0.25) is 0 Å². The molecule has 16 heavy (non-hydrogen) atoms. The second-order valence-corrected chi connectivity index (χ2v) is 4.68. The Morgan fingerprint density at radius 3 is 3.00 bits per heavy atom. The highest BCUT2D eigenvalue weighted by Gasteiger charge is 2.33. The molecular weight excluding hydrogens is 204 g/mol. The molecule has 5 nitrogen and oxygen atoms in total. The topological polar surface area (TPSA) is 64.3 Å². The van der Waals surface area contributed by atoms with Gasteiger partial charge in [0.2, 0.25) is 0 Å². The molecule has 0 aromatic carbocycles. The molecule has 1 aliphatic rings. The van der Waals surface area contributed by atoms with Gasteiger partial charge in [0.05, 0.1) is 17.9 Å². The number of anilines is 1. The molecule has 1 aliphatic heterocycles. The summed E-state index contributed by atoms with van der Waals surface area (Å²) in [5.41, 5.74) is 5.48. The van der Waals surface area contributed by atoms with Crippen molar-refractivity contribution in [1.82, 2.24) is 9.97 Å². The first-order valence-corrected chi connectivity index (χ1v) is 5.49. The molecule has 0 aliphatic carbocycles. The lowest BCUT2D eigenvalue weighted by molar-refractivity contribution is -0.0790.